The summed E-state index contributed by atoms with van der Waals surface area (Å²) in [7, 11) is 0. The lowest BCUT2D eigenvalue weighted by Gasteiger charge is -2.07. The van der Waals surface area contributed by atoms with E-state index < -0.39 is 0 Å². The minimum Gasteiger partial charge on any atom is -0.484 e. The highest BCUT2D eigenvalue weighted by Gasteiger charge is 2.01. The second kappa shape index (κ2) is 3.94. The van der Waals surface area contributed by atoms with Crippen LogP contribution in [0.4, 0.5) is 5.69 Å². The van der Waals surface area contributed by atoms with Crippen molar-refractivity contribution in [1.29, 1.82) is 0 Å². The molecular weight excluding hydrogens is 166 g/mol. The number of carbonyl (C=O) groups is 1. The number of anilines is 1. The van der Waals surface area contributed by atoms with Crippen molar-refractivity contribution in [3.8, 4) is 5.75 Å². The molecular formula is C10H13NO2. The van der Waals surface area contributed by atoms with Crippen LogP contribution < -0.4 is 10.5 Å². The Hall–Kier alpha value is -1.51. The number of hydrogen-bond acceptors (Lipinski definition) is 3. The highest BCUT2D eigenvalue weighted by Crippen LogP contribution is 2.21. The number of nitrogens with two attached hydrogens (primary N) is 1. The quantitative estimate of drug-likeness (QED) is 0.716. The molecule has 3 nitrogen and oxygen atoms in total. The van der Waals surface area contributed by atoms with Crippen LogP contribution in [0, 0.1) is 6.92 Å². The third-order valence-corrected chi connectivity index (χ3v) is 1.60. The molecule has 1 rings (SSSR count). The van der Waals surface area contributed by atoms with Crippen LogP contribution in [-0.2, 0) is 4.79 Å². The predicted molar refractivity (Wildman–Crippen MR) is 51.8 cm³/mol. The summed E-state index contributed by atoms with van der Waals surface area (Å²) in [6.45, 7) is 3.50. The van der Waals surface area contributed by atoms with Gasteiger partial charge >= 0.3 is 0 Å². The van der Waals surface area contributed by atoms with E-state index in [1.807, 2.05) is 19.1 Å². The summed E-state index contributed by atoms with van der Waals surface area (Å²) < 4.78 is 5.18. The molecule has 0 radical (unpaired) electrons. The molecule has 0 aliphatic heterocycles. The van der Waals surface area contributed by atoms with Crippen LogP contribution >= 0.6 is 0 Å². The predicted octanol–water partition coefficient (Wildman–Crippen LogP) is 1.55. The summed E-state index contributed by atoms with van der Waals surface area (Å²) in [6.07, 6.45) is 0. The van der Waals surface area contributed by atoms with Crippen LogP contribution in [0.25, 0.3) is 0 Å². The first kappa shape index (κ1) is 9.58. The molecule has 0 fully saturated rings. The van der Waals surface area contributed by atoms with Crippen molar-refractivity contribution in [1.82, 2.24) is 0 Å². The number of nitrogen functional groups attached to an aromatic ring is 1. The largest absolute Gasteiger partial charge is 0.484 e. The number of hydrogen-bond donors (Lipinski definition) is 1. The number of ketones is 1. The van der Waals surface area contributed by atoms with E-state index in [1.165, 1.54) is 6.92 Å². The molecule has 0 unspecified atom stereocenters. The molecule has 0 heterocycles. The molecule has 3 heteroatoms. The second-order valence-electron chi connectivity index (χ2n) is 3.03. The zero-order valence-electron chi connectivity index (χ0n) is 7.83. The fourth-order valence-corrected chi connectivity index (χ4v) is 0.979. The molecule has 0 aromatic heterocycles. The van der Waals surface area contributed by atoms with Crippen LogP contribution in [0.5, 0.6) is 5.75 Å². The number of rotatable bonds is 3. The normalized spacial score (nSPS) is 9.69. The van der Waals surface area contributed by atoms with Gasteiger partial charge in [-0.05, 0) is 31.5 Å². The fraction of sp³-hybridized carbons (Fsp3) is 0.300. The second-order valence-corrected chi connectivity index (χ2v) is 3.03. The molecule has 0 atom stereocenters. The lowest BCUT2D eigenvalue weighted by atomic mass is 10.2. The zero-order chi connectivity index (χ0) is 9.84. The van der Waals surface area contributed by atoms with Crippen molar-refractivity contribution in [3.05, 3.63) is 23.8 Å². The van der Waals surface area contributed by atoms with Gasteiger partial charge in [0.15, 0.2) is 5.78 Å². The number of Topliss-reactive ketones (excluding diaryl/α,β-unsaturated/α-hetero) is 1. The maximum absolute atomic E-state index is 10.6. The van der Waals surface area contributed by atoms with E-state index in [4.69, 9.17) is 10.5 Å². The SMILES string of the molecule is CC(=O)COc1ccc(C)cc1N. The number of carbonyl (C=O) groups excluding carboxylic acids is 1. The van der Waals surface area contributed by atoms with Gasteiger partial charge in [0.05, 0.1) is 5.69 Å². The molecule has 0 amide bonds. The standard InChI is InChI=1S/C10H13NO2/c1-7-3-4-10(9(11)5-7)13-6-8(2)12/h3-5H,6,11H2,1-2H3. The highest BCUT2D eigenvalue weighted by atomic mass is 16.5. The summed E-state index contributed by atoms with van der Waals surface area (Å²) in [5.41, 5.74) is 7.32. The Kier molecular flexibility index (Phi) is 2.90. The summed E-state index contributed by atoms with van der Waals surface area (Å²) in [5, 5.41) is 0. The molecule has 0 saturated heterocycles. The maximum Gasteiger partial charge on any atom is 0.167 e. The van der Waals surface area contributed by atoms with Crippen molar-refractivity contribution in [2.45, 2.75) is 13.8 Å². The molecule has 1 aromatic carbocycles. The Morgan fingerprint density at radius 3 is 2.77 bits per heavy atom. The van der Waals surface area contributed by atoms with Gasteiger partial charge in [-0.2, -0.15) is 0 Å². The van der Waals surface area contributed by atoms with Crippen LogP contribution in [0.15, 0.2) is 18.2 Å². The Bertz CT molecular complexity index is 321. The lowest BCUT2D eigenvalue weighted by molar-refractivity contribution is -0.118. The highest BCUT2D eigenvalue weighted by molar-refractivity contribution is 5.77. The zero-order valence-corrected chi connectivity index (χ0v) is 7.83. The van der Waals surface area contributed by atoms with Gasteiger partial charge in [0, 0.05) is 0 Å². The summed E-state index contributed by atoms with van der Waals surface area (Å²) in [5.74, 6) is 0.556. The Morgan fingerprint density at radius 1 is 1.54 bits per heavy atom. The van der Waals surface area contributed by atoms with Crippen LogP contribution in [0.3, 0.4) is 0 Å². The van der Waals surface area contributed by atoms with E-state index in [0.29, 0.717) is 11.4 Å². The van der Waals surface area contributed by atoms with Crippen molar-refractivity contribution < 1.29 is 9.53 Å². The van der Waals surface area contributed by atoms with Crippen LogP contribution in [0.1, 0.15) is 12.5 Å². The van der Waals surface area contributed by atoms with Gasteiger partial charge in [-0.3, -0.25) is 4.79 Å². The van der Waals surface area contributed by atoms with E-state index in [9.17, 15) is 4.79 Å². The molecule has 2 N–H and O–H groups in total. The molecule has 0 bridgehead atoms. The molecule has 70 valence electrons. The van der Waals surface area contributed by atoms with E-state index in [-0.39, 0.29) is 12.4 Å². The van der Waals surface area contributed by atoms with Crippen molar-refractivity contribution in [3.63, 3.8) is 0 Å². The summed E-state index contributed by atoms with van der Waals surface area (Å²) in [4.78, 5) is 10.6. The van der Waals surface area contributed by atoms with Gasteiger partial charge in [0.1, 0.15) is 12.4 Å². The van der Waals surface area contributed by atoms with Gasteiger partial charge in [-0.25, -0.2) is 0 Å². The van der Waals surface area contributed by atoms with Crippen molar-refractivity contribution in [2.75, 3.05) is 12.3 Å². The van der Waals surface area contributed by atoms with Gasteiger partial charge in [-0.15, -0.1) is 0 Å². The minimum absolute atomic E-state index is 0.0139. The van der Waals surface area contributed by atoms with Gasteiger partial charge < -0.3 is 10.5 Å². The first-order chi connectivity index (χ1) is 6.09. The smallest absolute Gasteiger partial charge is 0.167 e. The number of benzene rings is 1. The minimum atomic E-state index is -0.0139. The van der Waals surface area contributed by atoms with Crippen LogP contribution in [-0.4, -0.2) is 12.4 Å². The number of ether oxygens (including phenoxy) is 1. The first-order valence-corrected chi connectivity index (χ1v) is 4.08. The topological polar surface area (TPSA) is 52.3 Å². The lowest BCUT2D eigenvalue weighted by Crippen LogP contribution is -2.07. The third-order valence-electron chi connectivity index (χ3n) is 1.60. The van der Waals surface area contributed by atoms with Crippen molar-refractivity contribution >= 4 is 11.5 Å². The first-order valence-electron chi connectivity index (χ1n) is 4.08. The van der Waals surface area contributed by atoms with E-state index >= 15 is 0 Å². The van der Waals surface area contributed by atoms with Crippen molar-refractivity contribution in [2.24, 2.45) is 0 Å². The maximum atomic E-state index is 10.6. The van der Waals surface area contributed by atoms with E-state index in [1.54, 1.807) is 6.07 Å². The van der Waals surface area contributed by atoms with Gasteiger partial charge in [-0.1, -0.05) is 6.07 Å². The molecule has 1 aromatic rings. The Balaban J connectivity index is 2.72. The van der Waals surface area contributed by atoms with E-state index in [2.05, 4.69) is 0 Å². The number of aryl methyl sites for hydroxylation is 1. The van der Waals surface area contributed by atoms with Gasteiger partial charge in [0.2, 0.25) is 0 Å². The monoisotopic (exact) mass is 179 g/mol. The molecule has 0 saturated carbocycles. The Morgan fingerprint density at radius 2 is 2.23 bits per heavy atom. The molecule has 13 heavy (non-hydrogen) atoms. The van der Waals surface area contributed by atoms with Crippen LogP contribution in [0.2, 0.25) is 0 Å². The van der Waals surface area contributed by atoms with E-state index in [0.717, 1.165) is 5.56 Å². The molecule has 0 aliphatic carbocycles. The Labute approximate surface area is 77.5 Å². The van der Waals surface area contributed by atoms with Gasteiger partial charge in [0.25, 0.3) is 0 Å². The average Bonchev–Trinajstić information content (AvgIpc) is 2.02. The molecule has 0 aliphatic rings. The summed E-state index contributed by atoms with van der Waals surface area (Å²) >= 11 is 0. The summed E-state index contributed by atoms with van der Waals surface area (Å²) in [6, 6.07) is 5.48. The fourth-order valence-electron chi connectivity index (χ4n) is 0.979. The third kappa shape index (κ3) is 2.78. The average molecular weight is 179 g/mol. The molecule has 0 spiro atoms.